The van der Waals surface area contributed by atoms with Crippen LogP contribution < -0.4 is 16.6 Å². The molecule has 1 aromatic heterocycles. The molecule has 1 saturated carbocycles. The molecule has 1 heterocycles. The van der Waals surface area contributed by atoms with Gasteiger partial charge in [-0.15, -0.1) is 0 Å². The van der Waals surface area contributed by atoms with Crippen LogP contribution in [0.5, 0.6) is 0 Å². The summed E-state index contributed by atoms with van der Waals surface area (Å²) in [6.45, 7) is 2.22. The quantitative estimate of drug-likeness (QED) is 0.322. The van der Waals surface area contributed by atoms with Crippen molar-refractivity contribution >= 4 is 35.2 Å². The maximum Gasteiger partial charge on any atom is 0.191 e. The van der Waals surface area contributed by atoms with Gasteiger partial charge in [0.1, 0.15) is 11.6 Å². The molecular formula is C12H21N5S2. The van der Waals surface area contributed by atoms with E-state index in [2.05, 4.69) is 39.4 Å². The summed E-state index contributed by atoms with van der Waals surface area (Å²) in [6.07, 6.45) is 5.67. The van der Waals surface area contributed by atoms with Gasteiger partial charge in [0.2, 0.25) is 0 Å². The average Bonchev–Trinajstić information content (AvgIpc) is 2.86. The Bertz CT molecular complexity index is 393. The van der Waals surface area contributed by atoms with Gasteiger partial charge in [-0.2, -0.15) is 11.8 Å². The first kappa shape index (κ1) is 14.7. The molecule has 19 heavy (non-hydrogen) atoms. The third-order valence-corrected chi connectivity index (χ3v) is 4.96. The van der Waals surface area contributed by atoms with Crippen molar-refractivity contribution < 1.29 is 0 Å². The van der Waals surface area contributed by atoms with Gasteiger partial charge in [-0.25, -0.2) is 15.8 Å². The number of nitrogens with two attached hydrogens (primary N) is 1. The third kappa shape index (κ3) is 4.15. The van der Waals surface area contributed by atoms with E-state index in [1.165, 1.54) is 36.8 Å². The van der Waals surface area contributed by atoms with E-state index in [-0.39, 0.29) is 0 Å². The Morgan fingerprint density at radius 1 is 1.37 bits per heavy atom. The number of anilines is 2. The standard InChI is InChI=1S/C12H21N5S2/c1-3-19-9-5-4-8(6-9)14-10-7-11(17-13)16-12(15-10)18-2/h7-9H,3-6,13H2,1-2H3,(H2,14,15,16,17). The second kappa shape index (κ2) is 7.21. The third-order valence-electron chi connectivity index (χ3n) is 3.17. The normalized spacial score (nSPS) is 22.5. The van der Waals surface area contributed by atoms with E-state index >= 15 is 0 Å². The van der Waals surface area contributed by atoms with Gasteiger partial charge in [-0.3, -0.25) is 0 Å². The van der Waals surface area contributed by atoms with E-state index in [4.69, 9.17) is 5.84 Å². The second-order valence-electron chi connectivity index (χ2n) is 4.50. The zero-order chi connectivity index (χ0) is 13.7. The van der Waals surface area contributed by atoms with Crippen LogP contribution >= 0.6 is 23.5 Å². The fourth-order valence-corrected chi connectivity index (χ4v) is 3.85. The first-order chi connectivity index (χ1) is 9.25. The predicted octanol–water partition coefficient (Wildman–Crippen LogP) is 2.57. The molecule has 106 valence electrons. The van der Waals surface area contributed by atoms with Crippen LogP contribution in [0.15, 0.2) is 11.2 Å². The lowest BCUT2D eigenvalue weighted by atomic mass is 10.2. The summed E-state index contributed by atoms with van der Waals surface area (Å²) >= 11 is 3.58. The Hall–Kier alpha value is -0.660. The molecule has 2 unspecified atom stereocenters. The summed E-state index contributed by atoms with van der Waals surface area (Å²) in [5.74, 6) is 8.14. The molecular weight excluding hydrogens is 278 g/mol. The molecule has 0 saturated heterocycles. The molecule has 1 aliphatic rings. The van der Waals surface area contributed by atoms with Gasteiger partial charge in [0.25, 0.3) is 0 Å². The van der Waals surface area contributed by atoms with Crippen molar-refractivity contribution in [2.45, 2.75) is 42.6 Å². The average molecular weight is 299 g/mol. The fourth-order valence-electron chi connectivity index (χ4n) is 2.33. The number of hydrogen-bond donors (Lipinski definition) is 3. The lowest BCUT2D eigenvalue weighted by Crippen LogP contribution is -2.18. The summed E-state index contributed by atoms with van der Waals surface area (Å²) in [5, 5.41) is 5.03. The number of hydrogen-bond acceptors (Lipinski definition) is 7. The number of aromatic nitrogens is 2. The molecule has 7 heteroatoms. The van der Waals surface area contributed by atoms with Crippen molar-refractivity contribution in [3.05, 3.63) is 6.07 Å². The van der Waals surface area contributed by atoms with Gasteiger partial charge in [-0.1, -0.05) is 18.7 Å². The monoisotopic (exact) mass is 299 g/mol. The summed E-state index contributed by atoms with van der Waals surface area (Å²) in [4.78, 5) is 8.73. The van der Waals surface area contributed by atoms with Crippen LogP contribution in [-0.2, 0) is 0 Å². The van der Waals surface area contributed by atoms with Crippen LogP contribution in [0.3, 0.4) is 0 Å². The summed E-state index contributed by atoms with van der Waals surface area (Å²) < 4.78 is 0. The van der Waals surface area contributed by atoms with E-state index < -0.39 is 0 Å². The number of thioether (sulfide) groups is 2. The van der Waals surface area contributed by atoms with E-state index in [1.54, 1.807) is 0 Å². The van der Waals surface area contributed by atoms with Crippen molar-refractivity contribution in [2.24, 2.45) is 5.84 Å². The maximum atomic E-state index is 5.43. The van der Waals surface area contributed by atoms with E-state index in [0.717, 1.165) is 16.2 Å². The highest BCUT2D eigenvalue weighted by atomic mass is 32.2. The van der Waals surface area contributed by atoms with Gasteiger partial charge < -0.3 is 10.7 Å². The minimum atomic E-state index is 0.513. The van der Waals surface area contributed by atoms with Crippen molar-refractivity contribution in [3.8, 4) is 0 Å². The first-order valence-corrected chi connectivity index (χ1v) is 8.80. The zero-order valence-corrected chi connectivity index (χ0v) is 13.0. The summed E-state index contributed by atoms with van der Waals surface area (Å²) in [5.41, 5.74) is 2.59. The molecule has 0 bridgehead atoms. The predicted molar refractivity (Wildman–Crippen MR) is 84.8 cm³/mol. The second-order valence-corrected chi connectivity index (χ2v) is 6.85. The molecule has 1 fully saturated rings. The van der Waals surface area contributed by atoms with E-state index in [9.17, 15) is 0 Å². The van der Waals surface area contributed by atoms with Gasteiger partial charge in [0, 0.05) is 17.4 Å². The van der Waals surface area contributed by atoms with Crippen molar-refractivity contribution in [2.75, 3.05) is 22.8 Å². The Labute approximate surface area is 122 Å². The molecule has 5 nitrogen and oxygen atoms in total. The topological polar surface area (TPSA) is 75.9 Å². The SMILES string of the molecule is CCSC1CCC(Nc2cc(NN)nc(SC)n2)C1. The highest BCUT2D eigenvalue weighted by Gasteiger charge is 2.24. The van der Waals surface area contributed by atoms with Crippen LogP contribution in [0.25, 0.3) is 0 Å². The van der Waals surface area contributed by atoms with Crippen molar-refractivity contribution in [1.29, 1.82) is 0 Å². The van der Waals surface area contributed by atoms with Crippen LogP contribution in [0.2, 0.25) is 0 Å². The molecule has 1 aromatic rings. The molecule has 2 atom stereocenters. The van der Waals surface area contributed by atoms with Crippen LogP contribution in [-0.4, -0.2) is 33.3 Å². The Morgan fingerprint density at radius 2 is 2.16 bits per heavy atom. The number of rotatable bonds is 6. The Balaban J connectivity index is 1.99. The molecule has 0 amide bonds. The Morgan fingerprint density at radius 3 is 2.84 bits per heavy atom. The van der Waals surface area contributed by atoms with Gasteiger partial charge >= 0.3 is 0 Å². The highest BCUT2D eigenvalue weighted by Crippen LogP contribution is 2.31. The molecule has 0 spiro atoms. The van der Waals surface area contributed by atoms with Crippen molar-refractivity contribution in [3.63, 3.8) is 0 Å². The van der Waals surface area contributed by atoms with Crippen LogP contribution in [0.4, 0.5) is 11.6 Å². The van der Waals surface area contributed by atoms with Gasteiger partial charge in [0.15, 0.2) is 5.16 Å². The largest absolute Gasteiger partial charge is 0.367 e. The van der Waals surface area contributed by atoms with Gasteiger partial charge in [0.05, 0.1) is 0 Å². The molecule has 2 rings (SSSR count). The number of hydrazine groups is 1. The van der Waals surface area contributed by atoms with E-state index in [1.807, 2.05) is 12.3 Å². The molecule has 0 aromatic carbocycles. The minimum absolute atomic E-state index is 0.513. The Kier molecular flexibility index (Phi) is 5.59. The number of nitrogens with zero attached hydrogens (tertiary/aromatic N) is 2. The van der Waals surface area contributed by atoms with E-state index in [0.29, 0.717) is 11.9 Å². The lowest BCUT2D eigenvalue weighted by Gasteiger charge is -2.15. The summed E-state index contributed by atoms with van der Waals surface area (Å²) in [7, 11) is 0. The molecule has 0 aliphatic heterocycles. The number of nitrogen functional groups attached to an aromatic ring is 1. The minimum Gasteiger partial charge on any atom is -0.367 e. The molecule has 4 N–H and O–H groups in total. The summed E-state index contributed by atoms with van der Waals surface area (Å²) in [6, 6.07) is 2.37. The molecule has 0 radical (unpaired) electrons. The number of nitrogens with one attached hydrogen (secondary N) is 2. The van der Waals surface area contributed by atoms with Gasteiger partial charge in [-0.05, 0) is 31.3 Å². The highest BCUT2D eigenvalue weighted by molar-refractivity contribution is 7.99. The van der Waals surface area contributed by atoms with Crippen LogP contribution in [0, 0.1) is 0 Å². The maximum absolute atomic E-state index is 5.43. The lowest BCUT2D eigenvalue weighted by molar-refractivity contribution is 0.747. The first-order valence-electron chi connectivity index (χ1n) is 6.53. The zero-order valence-electron chi connectivity index (χ0n) is 11.3. The van der Waals surface area contributed by atoms with Crippen molar-refractivity contribution in [1.82, 2.24) is 9.97 Å². The fraction of sp³-hybridized carbons (Fsp3) is 0.667. The van der Waals surface area contributed by atoms with Crippen LogP contribution in [0.1, 0.15) is 26.2 Å². The molecule has 1 aliphatic carbocycles. The smallest absolute Gasteiger partial charge is 0.191 e.